The molecule has 0 aliphatic heterocycles. The monoisotopic (exact) mass is 310 g/mol. The van der Waals surface area contributed by atoms with Gasteiger partial charge >= 0.3 is 12.1 Å². The number of aromatic amines is 1. The Labute approximate surface area is 126 Å². The first-order valence-corrected chi connectivity index (χ1v) is 6.60. The van der Waals surface area contributed by atoms with Gasteiger partial charge in [0.25, 0.3) is 0 Å². The maximum Gasteiger partial charge on any atom is 0.413 e. The molecule has 7 heteroatoms. The van der Waals surface area contributed by atoms with E-state index in [1.165, 1.54) is 0 Å². The second kappa shape index (κ2) is 5.29. The number of carboxylic acid groups (broad SMARTS) is 1. The fourth-order valence-electron chi connectivity index (χ4n) is 1.89. The fourth-order valence-corrected chi connectivity index (χ4v) is 2.06. The first kappa shape index (κ1) is 15.2. The van der Waals surface area contributed by atoms with Crippen LogP contribution in [0.1, 0.15) is 31.1 Å². The van der Waals surface area contributed by atoms with Crippen molar-refractivity contribution in [1.82, 2.24) is 4.98 Å². The Morgan fingerprint density at radius 2 is 2.00 bits per heavy atom. The lowest BCUT2D eigenvalue weighted by atomic mass is 10.1. The van der Waals surface area contributed by atoms with Crippen molar-refractivity contribution < 1.29 is 19.4 Å². The summed E-state index contributed by atoms with van der Waals surface area (Å²) in [5, 5.41) is 12.7. The number of carboxylic acids is 1. The number of ether oxygens (including phenoxy) is 1. The number of H-pyrrole nitrogens is 1. The standard InChI is InChI=1S/C14H15ClN2O4/c1-14(2,3)21-13(20)17-11-10(12(18)19)8-5-4-7(15)6-9(8)16-11/h4-6,16H,1-3H3,(H,17,20)(H,18,19). The molecule has 112 valence electrons. The van der Waals surface area contributed by atoms with Gasteiger partial charge in [-0.25, -0.2) is 9.59 Å². The molecule has 0 radical (unpaired) electrons. The summed E-state index contributed by atoms with van der Waals surface area (Å²) in [6.07, 6.45) is -0.734. The van der Waals surface area contributed by atoms with Crippen LogP contribution in [0.4, 0.5) is 10.6 Å². The zero-order chi connectivity index (χ0) is 15.8. The van der Waals surface area contributed by atoms with Gasteiger partial charge in [-0.05, 0) is 32.9 Å². The van der Waals surface area contributed by atoms with E-state index in [-0.39, 0.29) is 11.4 Å². The molecule has 2 aromatic rings. The molecule has 0 spiro atoms. The van der Waals surface area contributed by atoms with Gasteiger partial charge in [-0.1, -0.05) is 17.7 Å². The highest BCUT2D eigenvalue weighted by Gasteiger charge is 2.22. The highest BCUT2D eigenvalue weighted by Crippen LogP contribution is 2.28. The van der Waals surface area contributed by atoms with Crippen LogP contribution in [0.2, 0.25) is 5.02 Å². The lowest BCUT2D eigenvalue weighted by Crippen LogP contribution is -2.27. The summed E-state index contributed by atoms with van der Waals surface area (Å²) >= 11 is 5.87. The van der Waals surface area contributed by atoms with Gasteiger partial charge < -0.3 is 14.8 Å². The average molecular weight is 311 g/mol. The minimum atomic E-state index is -1.16. The number of nitrogens with one attached hydrogen (secondary N) is 2. The molecule has 2 rings (SSSR count). The van der Waals surface area contributed by atoms with Crippen LogP contribution in [0, 0.1) is 0 Å². The third kappa shape index (κ3) is 3.46. The number of fused-ring (bicyclic) bond motifs is 1. The minimum absolute atomic E-state index is 0.0347. The molecule has 0 atom stereocenters. The molecule has 21 heavy (non-hydrogen) atoms. The van der Waals surface area contributed by atoms with Crippen molar-refractivity contribution in [3.63, 3.8) is 0 Å². The number of halogens is 1. The second-order valence-electron chi connectivity index (χ2n) is 5.50. The van der Waals surface area contributed by atoms with Crippen LogP contribution in [0.25, 0.3) is 10.9 Å². The Morgan fingerprint density at radius 1 is 1.33 bits per heavy atom. The summed E-state index contributed by atoms with van der Waals surface area (Å²) in [6.45, 7) is 5.15. The molecule has 0 unspecified atom stereocenters. The van der Waals surface area contributed by atoms with Gasteiger partial charge in [0, 0.05) is 15.9 Å². The Balaban J connectivity index is 2.41. The predicted octanol–water partition coefficient (Wildman–Crippen LogP) is 3.87. The van der Waals surface area contributed by atoms with Gasteiger partial charge in [-0.15, -0.1) is 0 Å². The van der Waals surface area contributed by atoms with E-state index in [1.54, 1.807) is 39.0 Å². The van der Waals surface area contributed by atoms with Crippen LogP contribution in [0.3, 0.4) is 0 Å². The van der Waals surface area contributed by atoms with E-state index >= 15 is 0 Å². The van der Waals surface area contributed by atoms with Gasteiger partial charge in [-0.3, -0.25) is 5.32 Å². The number of rotatable bonds is 2. The molecule has 0 aliphatic rings. The molecule has 0 fully saturated rings. The molecule has 0 saturated heterocycles. The molecular weight excluding hydrogens is 296 g/mol. The summed E-state index contributed by atoms with van der Waals surface area (Å²) in [5.41, 5.74) is -0.193. The second-order valence-corrected chi connectivity index (χ2v) is 5.93. The highest BCUT2D eigenvalue weighted by molar-refractivity contribution is 6.31. The molecular formula is C14H15ClN2O4. The Kier molecular flexibility index (Phi) is 3.82. The zero-order valence-corrected chi connectivity index (χ0v) is 12.5. The summed E-state index contributed by atoms with van der Waals surface area (Å²) in [4.78, 5) is 26.0. The van der Waals surface area contributed by atoms with Gasteiger partial charge in [0.15, 0.2) is 0 Å². The highest BCUT2D eigenvalue weighted by atomic mass is 35.5. The van der Waals surface area contributed by atoms with Gasteiger partial charge in [0.05, 0.1) is 0 Å². The van der Waals surface area contributed by atoms with E-state index in [0.717, 1.165) is 0 Å². The van der Waals surface area contributed by atoms with E-state index in [2.05, 4.69) is 10.3 Å². The number of hydrogen-bond acceptors (Lipinski definition) is 3. The van der Waals surface area contributed by atoms with E-state index in [9.17, 15) is 14.7 Å². The van der Waals surface area contributed by atoms with Crippen LogP contribution in [-0.4, -0.2) is 27.8 Å². The summed E-state index contributed by atoms with van der Waals surface area (Å²) < 4.78 is 5.11. The van der Waals surface area contributed by atoms with Crippen LogP contribution in [0.5, 0.6) is 0 Å². The zero-order valence-electron chi connectivity index (χ0n) is 11.8. The van der Waals surface area contributed by atoms with Gasteiger partial charge in [-0.2, -0.15) is 0 Å². The molecule has 3 N–H and O–H groups in total. The number of carbonyl (C=O) groups excluding carboxylic acids is 1. The first-order valence-electron chi connectivity index (χ1n) is 6.22. The van der Waals surface area contributed by atoms with Crippen LogP contribution < -0.4 is 5.32 Å². The van der Waals surface area contributed by atoms with Crippen molar-refractivity contribution in [3.8, 4) is 0 Å². The molecule has 1 aromatic heterocycles. The summed E-state index contributed by atoms with van der Waals surface area (Å²) in [5.74, 6) is -1.09. The van der Waals surface area contributed by atoms with Crippen LogP contribution in [0.15, 0.2) is 18.2 Å². The number of amides is 1. The smallest absolute Gasteiger partial charge is 0.413 e. The van der Waals surface area contributed by atoms with Gasteiger partial charge in [0.1, 0.15) is 17.0 Å². The molecule has 1 heterocycles. The molecule has 6 nitrogen and oxygen atoms in total. The molecule has 0 bridgehead atoms. The normalized spacial score (nSPS) is 11.4. The van der Waals surface area contributed by atoms with E-state index in [4.69, 9.17) is 16.3 Å². The number of aromatic nitrogens is 1. The van der Waals surface area contributed by atoms with Crippen LogP contribution >= 0.6 is 11.6 Å². The van der Waals surface area contributed by atoms with Gasteiger partial charge in [0.2, 0.25) is 0 Å². The lowest BCUT2D eigenvalue weighted by molar-refractivity contribution is 0.0635. The first-order chi connectivity index (χ1) is 9.67. The van der Waals surface area contributed by atoms with Crippen molar-refractivity contribution in [3.05, 3.63) is 28.8 Å². The molecule has 1 aromatic carbocycles. The predicted molar refractivity (Wildman–Crippen MR) is 80.1 cm³/mol. The maximum absolute atomic E-state index is 11.8. The Bertz CT molecular complexity index is 716. The van der Waals surface area contributed by atoms with E-state index in [0.29, 0.717) is 15.9 Å². The SMILES string of the molecule is CC(C)(C)OC(=O)Nc1[nH]c2cc(Cl)ccc2c1C(=O)O. The number of anilines is 1. The third-order valence-electron chi connectivity index (χ3n) is 2.60. The van der Waals surface area contributed by atoms with Crippen LogP contribution in [-0.2, 0) is 4.74 Å². The summed E-state index contributed by atoms with van der Waals surface area (Å²) in [7, 11) is 0. The lowest BCUT2D eigenvalue weighted by Gasteiger charge is -2.19. The van der Waals surface area contributed by atoms with Crippen molar-refractivity contribution in [1.29, 1.82) is 0 Å². The minimum Gasteiger partial charge on any atom is -0.478 e. The quantitative estimate of drug-likeness (QED) is 0.785. The van der Waals surface area contributed by atoms with E-state index < -0.39 is 17.7 Å². The van der Waals surface area contributed by atoms with Crippen molar-refractivity contribution in [2.75, 3.05) is 5.32 Å². The number of hydrogen-bond donors (Lipinski definition) is 3. The topological polar surface area (TPSA) is 91.4 Å². The Hall–Kier alpha value is -2.21. The third-order valence-corrected chi connectivity index (χ3v) is 2.84. The molecule has 0 saturated carbocycles. The number of benzene rings is 1. The fraction of sp³-hybridized carbons (Fsp3) is 0.286. The average Bonchev–Trinajstić information content (AvgIpc) is 2.62. The van der Waals surface area contributed by atoms with Crippen molar-refractivity contribution in [2.24, 2.45) is 0 Å². The largest absolute Gasteiger partial charge is 0.478 e. The molecule has 0 aliphatic carbocycles. The van der Waals surface area contributed by atoms with Crippen molar-refractivity contribution in [2.45, 2.75) is 26.4 Å². The molecule has 1 amide bonds. The number of aromatic carboxylic acids is 1. The summed E-state index contributed by atoms with van der Waals surface area (Å²) in [6, 6.07) is 4.75. The maximum atomic E-state index is 11.8. The Morgan fingerprint density at radius 3 is 2.57 bits per heavy atom. The van der Waals surface area contributed by atoms with E-state index in [1.807, 2.05) is 0 Å². The van der Waals surface area contributed by atoms with Crippen molar-refractivity contribution >= 4 is 40.4 Å². The number of carbonyl (C=O) groups is 2.